The fourth-order valence-electron chi connectivity index (χ4n) is 1.65. The summed E-state index contributed by atoms with van der Waals surface area (Å²) in [5, 5.41) is 0. The van der Waals surface area contributed by atoms with Crippen LogP contribution in [0.1, 0.15) is 17.3 Å². The van der Waals surface area contributed by atoms with E-state index in [1.54, 1.807) is 6.92 Å². The lowest BCUT2D eigenvalue weighted by Gasteiger charge is -2.15. The minimum atomic E-state index is -3.90. The number of rotatable bonds is 6. The monoisotopic (exact) mass is 302 g/mol. The number of nitrogens with one attached hydrogen (secondary N) is 1. The first-order valence-electron chi connectivity index (χ1n) is 5.81. The Labute approximate surface area is 118 Å². The standard InChI is InChI=1S/C12H18N2O5S/c1-8(7-18-2)14-20(16,17)11-6-9(13)4-5-10(11)12(15)19-3/h4-6,8,14H,7,13H2,1-3H3. The molecule has 112 valence electrons. The molecule has 0 aliphatic carbocycles. The smallest absolute Gasteiger partial charge is 0.339 e. The number of nitrogen functional groups attached to an aromatic ring is 1. The van der Waals surface area contributed by atoms with Crippen molar-refractivity contribution in [2.75, 3.05) is 26.6 Å². The molecular weight excluding hydrogens is 284 g/mol. The van der Waals surface area contributed by atoms with Gasteiger partial charge in [0.1, 0.15) is 0 Å². The zero-order chi connectivity index (χ0) is 15.3. The van der Waals surface area contributed by atoms with Crippen LogP contribution in [0.25, 0.3) is 0 Å². The zero-order valence-corrected chi connectivity index (χ0v) is 12.4. The Morgan fingerprint density at radius 1 is 1.40 bits per heavy atom. The number of anilines is 1. The van der Waals surface area contributed by atoms with E-state index in [0.717, 1.165) is 0 Å². The van der Waals surface area contributed by atoms with Crippen molar-refractivity contribution in [3.8, 4) is 0 Å². The predicted octanol–water partition coefficient (Wildman–Crippen LogP) is 0.369. The normalized spacial score (nSPS) is 12.9. The third-order valence-electron chi connectivity index (χ3n) is 2.47. The van der Waals surface area contributed by atoms with Crippen molar-refractivity contribution in [1.82, 2.24) is 4.72 Å². The number of esters is 1. The lowest BCUT2D eigenvalue weighted by Crippen LogP contribution is -2.36. The van der Waals surface area contributed by atoms with Gasteiger partial charge in [-0.2, -0.15) is 0 Å². The van der Waals surface area contributed by atoms with Crippen LogP contribution in [0.3, 0.4) is 0 Å². The molecule has 3 N–H and O–H groups in total. The maximum absolute atomic E-state index is 12.3. The van der Waals surface area contributed by atoms with Gasteiger partial charge in [-0.3, -0.25) is 0 Å². The lowest BCUT2D eigenvalue weighted by atomic mass is 10.2. The lowest BCUT2D eigenvalue weighted by molar-refractivity contribution is 0.0596. The number of carbonyl (C=O) groups is 1. The van der Waals surface area contributed by atoms with E-state index in [1.807, 2.05) is 0 Å². The molecule has 8 heteroatoms. The number of carbonyl (C=O) groups excluding carboxylic acids is 1. The molecule has 1 aromatic carbocycles. The first kappa shape index (κ1) is 16.4. The van der Waals surface area contributed by atoms with Crippen molar-refractivity contribution in [2.24, 2.45) is 0 Å². The van der Waals surface area contributed by atoms with Gasteiger partial charge < -0.3 is 15.2 Å². The summed E-state index contributed by atoms with van der Waals surface area (Å²) in [5.41, 5.74) is 5.75. The summed E-state index contributed by atoms with van der Waals surface area (Å²) >= 11 is 0. The molecule has 0 saturated carbocycles. The predicted molar refractivity (Wildman–Crippen MR) is 73.9 cm³/mol. The van der Waals surface area contributed by atoms with Crippen LogP contribution in [0.15, 0.2) is 23.1 Å². The van der Waals surface area contributed by atoms with E-state index in [0.29, 0.717) is 0 Å². The van der Waals surface area contributed by atoms with Gasteiger partial charge in [0.05, 0.1) is 24.2 Å². The van der Waals surface area contributed by atoms with Crippen molar-refractivity contribution < 1.29 is 22.7 Å². The first-order chi connectivity index (χ1) is 9.31. The van der Waals surface area contributed by atoms with Gasteiger partial charge in [-0.05, 0) is 25.1 Å². The Bertz CT molecular complexity index is 586. The van der Waals surface area contributed by atoms with Gasteiger partial charge in [-0.1, -0.05) is 0 Å². The second-order valence-corrected chi connectivity index (χ2v) is 5.91. The van der Waals surface area contributed by atoms with E-state index in [4.69, 9.17) is 10.5 Å². The Morgan fingerprint density at radius 2 is 2.05 bits per heavy atom. The molecule has 0 fully saturated rings. The number of nitrogens with two attached hydrogens (primary N) is 1. The van der Waals surface area contributed by atoms with Crippen molar-refractivity contribution in [3.05, 3.63) is 23.8 Å². The maximum atomic E-state index is 12.3. The van der Waals surface area contributed by atoms with Gasteiger partial charge in [0.15, 0.2) is 0 Å². The summed E-state index contributed by atoms with van der Waals surface area (Å²) < 4.78 is 36.4. The summed E-state index contributed by atoms with van der Waals surface area (Å²) in [6.45, 7) is 1.85. The minimum Gasteiger partial charge on any atom is -0.465 e. The minimum absolute atomic E-state index is 0.0705. The quantitative estimate of drug-likeness (QED) is 0.580. The third-order valence-corrected chi connectivity index (χ3v) is 4.10. The third kappa shape index (κ3) is 3.92. The van der Waals surface area contributed by atoms with Crippen LogP contribution in [-0.4, -0.2) is 41.3 Å². The van der Waals surface area contributed by atoms with Crippen molar-refractivity contribution in [2.45, 2.75) is 17.9 Å². The highest BCUT2D eigenvalue weighted by molar-refractivity contribution is 7.89. The van der Waals surface area contributed by atoms with Gasteiger partial charge in [0.25, 0.3) is 0 Å². The van der Waals surface area contributed by atoms with Crippen LogP contribution >= 0.6 is 0 Å². The van der Waals surface area contributed by atoms with Crippen molar-refractivity contribution in [1.29, 1.82) is 0 Å². The number of ether oxygens (including phenoxy) is 2. The summed E-state index contributed by atoms with van der Waals surface area (Å²) in [4.78, 5) is 11.4. The molecule has 0 amide bonds. The molecule has 1 unspecified atom stereocenters. The van der Waals surface area contributed by atoms with Gasteiger partial charge in [-0.25, -0.2) is 17.9 Å². The number of sulfonamides is 1. The molecular formula is C12H18N2O5S. The van der Waals surface area contributed by atoms with E-state index < -0.39 is 22.0 Å². The van der Waals surface area contributed by atoms with Gasteiger partial charge in [-0.15, -0.1) is 0 Å². The van der Waals surface area contributed by atoms with Crippen LogP contribution in [-0.2, 0) is 19.5 Å². The topological polar surface area (TPSA) is 108 Å². The molecule has 1 aromatic rings. The number of methoxy groups -OCH3 is 2. The highest BCUT2D eigenvalue weighted by Gasteiger charge is 2.24. The largest absolute Gasteiger partial charge is 0.465 e. The molecule has 0 heterocycles. The summed E-state index contributed by atoms with van der Waals surface area (Å²) in [6.07, 6.45) is 0. The molecule has 0 aliphatic rings. The Balaban J connectivity index is 3.22. The zero-order valence-electron chi connectivity index (χ0n) is 11.5. The molecule has 7 nitrogen and oxygen atoms in total. The molecule has 20 heavy (non-hydrogen) atoms. The molecule has 0 spiro atoms. The van der Waals surface area contributed by atoms with Crippen LogP contribution in [0, 0.1) is 0 Å². The summed E-state index contributed by atoms with van der Waals surface area (Å²) in [6, 6.07) is 3.52. The molecule has 0 aliphatic heterocycles. The fourth-order valence-corrected chi connectivity index (χ4v) is 3.11. The fraction of sp³-hybridized carbons (Fsp3) is 0.417. The van der Waals surface area contributed by atoms with Crippen molar-refractivity contribution >= 4 is 21.7 Å². The highest BCUT2D eigenvalue weighted by atomic mass is 32.2. The second-order valence-electron chi connectivity index (χ2n) is 4.22. The average molecular weight is 302 g/mol. The molecule has 1 atom stereocenters. The molecule has 0 aromatic heterocycles. The van der Waals surface area contributed by atoms with Gasteiger partial charge in [0.2, 0.25) is 10.0 Å². The van der Waals surface area contributed by atoms with Gasteiger partial charge >= 0.3 is 5.97 Å². The van der Waals surface area contributed by atoms with E-state index in [-0.39, 0.29) is 22.8 Å². The Hall–Kier alpha value is -1.64. The van der Waals surface area contributed by atoms with Gasteiger partial charge in [0, 0.05) is 18.8 Å². The molecule has 0 bridgehead atoms. The molecule has 1 rings (SSSR count). The first-order valence-corrected chi connectivity index (χ1v) is 7.29. The number of hydrogen-bond acceptors (Lipinski definition) is 6. The second kappa shape index (κ2) is 6.69. The van der Waals surface area contributed by atoms with Crippen LogP contribution in [0.4, 0.5) is 5.69 Å². The summed E-state index contributed by atoms with van der Waals surface area (Å²) in [5.74, 6) is -0.746. The van der Waals surface area contributed by atoms with Crippen molar-refractivity contribution in [3.63, 3.8) is 0 Å². The number of hydrogen-bond donors (Lipinski definition) is 2. The van der Waals surface area contributed by atoms with Crippen LogP contribution in [0.2, 0.25) is 0 Å². The molecule has 0 saturated heterocycles. The van der Waals surface area contributed by atoms with E-state index in [1.165, 1.54) is 32.4 Å². The Kier molecular flexibility index (Phi) is 5.49. The van der Waals surface area contributed by atoms with E-state index in [9.17, 15) is 13.2 Å². The highest BCUT2D eigenvalue weighted by Crippen LogP contribution is 2.20. The summed E-state index contributed by atoms with van der Waals surface area (Å²) in [7, 11) is -1.26. The van der Waals surface area contributed by atoms with E-state index >= 15 is 0 Å². The Morgan fingerprint density at radius 3 is 2.60 bits per heavy atom. The van der Waals surface area contributed by atoms with Crippen LogP contribution < -0.4 is 10.5 Å². The van der Waals surface area contributed by atoms with Crippen LogP contribution in [0.5, 0.6) is 0 Å². The molecule has 0 radical (unpaired) electrons. The van der Waals surface area contributed by atoms with E-state index in [2.05, 4.69) is 9.46 Å². The average Bonchev–Trinajstić information content (AvgIpc) is 2.37. The maximum Gasteiger partial charge on any atom is 0.339 e. The number of benzene rings is 1. The SMILES string of the molecule is COCC(C)NS(=O)(=O)c1cc(N)ccc1C(=O)OC.